The molecule has 0 saturated heterocycles. The molecule has 0 fully saturated rings. The first-order valence-corrected chi connectivity index (χ1v) is 6.25. The minimum absolute atomic E-state index is 0.564. The fourth-order valence-electron chi connectivity index (χ4n) is 1.64. The molecule has 0 bridgehead atoms. The predicted octanol–water partition coefficient (Wildman–Crippen LogP) is 2.12. The van der Waals surface area contributed by atoms with Crippen molar-refractivity contribution < 1.29 is 4.74 Å². The van der Waals surface area contributed by atoms with Crippen LogP contribution in [0.1, 0.15) is 5.56 Å². The minimum atomic E-state index is 0.564. The molecule has 0 spiro atoms. The Morgan fingerprint density at radius 2 is 2.06 bits per heavy atom. The molecule has 0 amide bonds. The lowest BCUT2D eigenvalue weighted by atomic mass is 10.1. The fraction of sp³-hybridized carbons (Fsp3) is 0.308. The van der Waals surface area contributed by atoms with Gasteiger partial charge in [0.25, 0.3) is 0 Å². The number of hydrogen-bond acceptors (Lipinski definition) is 3. The highest BCUT2D eigenvalue weighted by molar-refractivity contribution is 6.30. The normalized spacial score (nSPS) is 10.6. The zero-order valence-corrected chi connectivity index (χ0v) is 10.8. The van der Waals surface area contributed by atoms with Gasteiger partial charge in [0, 0.05) is 6.20 Å². The Kier molecular flexibility index (Phi) is 4.61. The largest absolute Gasteiger partial charge is 0.492 e. The Morgan fingerprint density at radius 3 is 2.67 bits per heavy atom. The van der Waals surface area contributed by atoms with Crippen LogP contribution in [0.15, 0.2) is 36.7 Å². The highest BCUT2D eigenvalue weighted by Gasteiger charge is 1.97. The van der Waals surface area contributed by atoms with Crippen molar-refractivity contribution in [3.63, 3.8) is 0 Å². The van der Waals surface area contributed by atoms with E-state index >= 15 is 0 Å². The van der Waals surface area contributed by atoms with Gasteiger partial charge >= 0.3 is 0 Å². The smallest absolute Gasteiger partial charge is 0.119 e. The number of nitrogens with zero attached hydrogens (tertiary/aromatic N) is 2. The third kappa shape index (κ3) is 3.75. The lowest BCUT2D eigenvalue weighted by molar-refractivity contribution is 0.291. The standard InChI is InChI=1S/C13H16ClN3O/c14-12-9-16-17(10-12)7-8-18-13-3-1-11(2-4-13)5-6-15/h1-4,9-10H,5-8,15H2. The zero-order chi connectivity index (χ0) is 12.8. The predicted molar refractivity (Wildman–Crippen MR) is 71.9 cm³/mol. The van der Waals surface area contributed by atoms with E-state index in [2.05, 4.69) is 5.10 Å². The molecule has 2 rings (SSSR count). The summed E-state index contributed by atoms with van der Waals surface area (Å²) in [7, 11) is 0. The summed E-state index contributed by atoms with van der Waals surface area (Å²) in [6.07, 6.45) is 4.28. The van der Waals surface area contributed by atoms with Crippen LogP contribution in [0.2, 0.25) is 5.02 Å². The van der Waals surface area contributed by atoms with Gasteiger partial charge in [0.15, 0.2) is 0 Å². The Morgan fingerprint density at radius 1 is 1.28 bits per heavy atom. The van der Waals surface area contributed by atoms with Crippen molar-refractivity contribution in [3.05, 3.63) is 47.2 Å². The maximum Gasteiger partial charge on any atom is 0.119 e. The summed E-state index contributed by atoms with van der Waals surface area (Å²) < 4.78 is 7.37. The average Bonchev–Trinajstić information content (AvgIpc) is 2.78. The fourth-order valence-corrected chi connectivity index (χ4v) is 1.79. The van der Waals surface area contributed by atoms with Crippen LogP contribution in [0, 0.1) is 0 Å². The summed E-state index contributed by atoms with van der Waals surface area (Å²) in [5.74, 6) is 0.856. The molecule has 4 nitrogen and oxygen atoms in total. The molecule has 2 N–H and O–H groups in total. The molecule has 0 aliphatic heterocycles. The van der Waals surface area contributed by atoms with Gasteiger partial charge in [-0.05, 0) is 30.7 Å². The van der Waals surface area contributed by atoms with Crippen LogP contribution in [-0.2, 0) is 13.0 Å². The van der Waals surface area contributed by atoms with Gasteiger partial charge in [0.05, 0.1) is 17.8 Å². The van der Waals surface area contributed by atoms with Gasteiger partial charge in [-0.2, -0.15) is 5.10 Å². The number of rotatable bonds is 6. The van der Waals surface area contributed by atoms with Gasteiger partial charge in [-0.3, -0.25) is 4.68 Å². The Balaban J connectivity index is 1.79. The Bertz CT molecular complexity index is 481. The number of ether oxygens (including phenoxy) is 1. The van der Waals surface area contributed by atoms with E-state index in [1.54, 1.807) is 17.1 Å². The van der Waals surface area contributed by atoms with Crippen molar-refractivity contribution in [1.82, 2.24) is 9.78 Å². The number of hydrogen-bond donors (Lipinski definition) is 1. The first-order chi connectivity index (χ1) is 8.78. The number of aromatic nitrogens is 2. The van der Waals surface area contributed by atoms with Crippen LogP contribution >= 0.6 is 11.6 Å². The average molecular weight is 266 g/mol. The monoisotopic (exact) mass is 265 g/mol. The van der Waals surface area contributed by atoms with Gasteiger partial charge < -0.3 is 10.5 Å². The second-order valence-electron chi connectivity index (χ2n) is 3.95. The molecule has 0 aliphatic rings. The van der Waals surface area contributed by atoms with E-state index in [1.165, 1.54) is 5.56 Å². The summed E-state index contributed by atoms with van der Waals surface area (Å²) in [6, 6.07) is 7.99. The van der Waals surface area contributed by atoms with Crippen molar-refractivity contribution in [2.75, 3.05) is 13.2 Å². The van der Waals surface area contributed by atoms with E-state index in [4.69, 9.17) is 22.1 Å². The maximum atomic E-state index is 5.77. The molecule has 18 heavy (non-hydrogen) atoms. The quantitative estimate of drug-likeness (QED) is 0.870. The molecule has 5 heteroatoms. The molecule has 0 unspecified atom stereocenters. The molecule has 1 heterocycles. The highest BCUT2D eigenvalue weighted by Crippen LogP contribution is 2.12. The first kappa shape index (κ1) is 12.9. The topological polar surface area (TPSA) is 53.1 Å². The first-order valence-electron chi connectivity index (χ1n) is 5.87. The lowest BCUT2D eigenvalue weighted by Crippen LogP contribution is -2.08. The maximum absolute atomic E-state index is 5.77. The van der Waals surface area contributed by atoms with Crippen LogP contribution in [0.5, 0.6) is 5.75 Å². The van der Waals surface area contributed by atoms with Crippen molar-refractivity contribution >= 4 is 11.6 Å². The van der Waals surface area contributed by atoms with Crippen molar-refractivity contribution in [1.29, 1.82) is 0 Å². The second kappa shape index (κ2) is 6.42. The van der Waals surface area contributed by atoms with Crippen molar-refractivity contribution in [2.24, 2.45) is 5.73 Å². The number of nitrogens with two attached hydrogens (primary N) is 1. The lowest BCUT2D eigenvalue weighted by Gasteiger charge is -2.07. The minimum Gasteiger partial charge on any atom is -0.492 e. The van der Waals surface area contributed by atoms with E-state index in [9.17, 15) is 0 Å². The van der Waals surface area contributed by atoms with E-state index in [0.29, 0.717) is 24.7 Å². The van der Waals surface area contributed by atoms with Crippen molar-refractivity contribution in [3.8, 4) is 5.75 Å². The summed E-state index contributed by atoms with van der Waals surface area (Å²) in [5.41, 5.74) is 6.72. The van der Waals surface area contributed by atoms with Crippen LogP contribution in [0.4, 0.5) is 0 Å². The van der Waals surface area contributed by atoms with E-state index in [1.807, 2.05) is 24.3 Å². The number of halogens is 1. The van der Waals surface area contributed by atoms with Gasteiger partial charge in [-0.1, -0.05) is 23.7 Å². The van der Waals surface area contributed by atoms with E-state index < -0.39 is 0 Å². The van der Waals surface area contributed by atoms with Crippen LogP contribution in [-0.4, -0.2) is 22.9 Å². The Hall–Kier alpha value is -1.52. The molecule has 0 saturated carbocycles. The molecular weight excluding hydrogens is 250 g/mol. The van der Waals surface area contributed by atoms with E-state index in [-0.39, 0.29) is 0 Å². The molecule has 0 atom stereocenters. The highest BCUT2D eigenvalue weighted by atomic mass is 35.5. The van der Waals surface area contributed by atoms with Crippen molar-refractivity contribution in [2.45, 2.75) is 13.0 Å². The Labute approximate surface area is 111 Å². The SMILES string of the molecule is NCCc1ccc(OCCn2cc(Cl)cn2)cc1. The zero-order valence-electron chi connectivity index (χ0n) is 10.1. The van der Waals surface area contributed by atoms with Gasteiger partial charge in [0.1, 0.15) is 12.4 Å². The van der Waals surface area contributed by atoms with Gasteiger partial charge in [-0.25, -0.2) is 0 Å². The summed E-state index contributed by atoms with van der Waals surface area (Å²) in [5, 5.41) is 4.72. The van der Waals surface area contributed by atoms with Gasteiger partial charge in [0.2, 0.25) is 0 Å². The molecule has 0 aliphatic carbocycles. The third-order valence-electron chi connectivity index (χ3n) is 2.55. The van der Waals surface area contributed by atoms with Crippen LogP contribution in [0.25, 0.3) is 0 Å². The molecule has 1 aromatic carbocycles. The molecule has 96 valence electrons. The van der Waals surface area contributed by atoms with Crippen LogP contribution < -0.4 is 10.5 Å². The molecular formula is C13H16ClN3O. The van der Waals surface area contributed by atoms with Gasteiger partial charge in [-0.15, -0.1) is 0 Å². The second-order valence-corrected chi connectivity index (χ2v) is 4.39. The molecule has 1 aromatic heterocycles. The summed E-state index contributed by atoms with van der Waals surface area (Å²) in [6.45, 7) is 1.91. The molecule has 0 radical (unpaired) electrons. The summed E-state index contributed by atoms with van der Waals surface area (Å²) >= 11 is 5.77. The number of benzene rings is 1. The van der Waals surface area contributed by atoms with Crippen LogP contribution in [0.3, 0.4) is 0 Å². The molecule has 2 aromatic rings. The third-order valence-corrected chi connectivity index (χ3v) is 2.74. The summed E-state index contributed by atoms with van der Waals surface area (Å²) in [4.78, 5) is 0. The van der Waals surface area contributed by atoms with E-state index in [0.717, 1.165) is 12.2 Å².